The second-order valence-electron chi connectivity index (χ2n) is 6.95. The van der Waals surface area contributed by atoms with Crippen LogP contribution in [0.1, 0.15) is 48.9 Å². The second-order valence-corrected chi connectivity index (χ2v) is 6.95. The van der Waals surface area contributed by atoms with Crippen LogP contribution < -0.4 is 5.73 Å². The van der Waals surface area contributed by atoms with E-state index in [2.05, 4.69) is 0 Å². The van der Waals surface area contributed by atoms with Crippen LogP contribution in [0.3, 0.4) is 0 Å². The highest BCUT2D eigenvalue weighted by molar-refractivity contribution is 5.96. The van der Waals surface area contributed by atoms with Crippen molar-refractivity contribution in [3.8, 4) is 0 Å². The first-order chi connectivity index (χ1) is 12.5. The molecule has 1 aliphatic carbocycles. The van der Waals surface area contributed by atoms with Gasteiger partial charge < -0.3 is 15.4 Å². The number of ether oxygens (including phenoxy) is 1. The van der Waals surface area contributed by atoms with E-state index in [0.717, 1.165) is 38.2 Å². The van der Waals surface area contributed by atoms with Crippen molar-refractivity contribution in [1.82, 2.24) is 4.90 Å². The Morgan fingerprint density at radius 1 is 1.23 bits per heavy atom. The number of benzene rings is 1. The number of fused-ring (bicyclic) bond motifs is 1. The molecule has 0 unspecified atom stereocenters. The second kappa shape index (κ2) is 7.72. The SMILES string of the molecule is Nc1cc([N+](=O)[O-])ccc1C(=O)OCC(=O)N1CCC[C@H]2CCCC[C@H]21. The summed E-state index contributed by atoms with van der Waals surface area (Å²) in [7, 11) is 0. The van der Waals surface area contributed by atoms with Crippen molar-refractivity contribution < 1.29 is 19.2 Å². The van der Waals surface area contributed by atoms with Gasteiger partial charge in [0.15, 0.2) is 6.61 Å². The van der Waals surface area contributed by atoms with Gasteiger partial charge in [-0.05, 0) is 37.7 Å². The Bertz CT molecular complexity index is 719. The summed E-state index contributed by atoms with van der Waals surface area (Å²) in [6.07, 6.45) is 6.67. The number of nitro groups is 1. The van der Waals surface area contributed by atoms with E-state index in [9.17, 15) is 19.7 Å². The number of nitro benzene ring substituents is 1. The molecule has 1 aromatic rings. The number of anilines is 1. The highest BCUT2D eigenvalue weighted by Gasteiger charge is 2.35. The molecule has 1 aliphatic heterocycles. The van der Waals surface area contributed by atoms with Gasteiger partial charge in [-0.1, -0.05) is 12.8 Å². The zero-order chi connectivity index (χ0) is 18.7. The Balaban J connectivity index is 1.60. The number of non-ortho nitro benzene ring substituents is 1. The van der Waals surface area contributed by atoms with Crippen molar-refractivity contribution in [3.05, 3.63) is 33.9 Å². The van der Waals surface area contributed by atoms with Crippen LogP contribution >= 0.6 is 0 Å². The summed E-state index contributed by atoms with van der Waals surface area (Å²) in [5.74, 6) is -0.374. The van der Waals surface area contributed by atoms with Crippen LogP contribution in [-0.4, -0.2) is 40.9 Å². The molecule has 0 spiro atoms. The lowest BCUT2D eigenvalue weighted by atomic mass is 9.78. The zero-order valence-corrected chi connectivity index (χ0v) is 14.6. The fourth-order valence-electron chi connectivity index (χ4n) is 4.07. The van der Waals surface area contributed by atoms with Crippen molar-refractivity contribution in [1.29, 1.82) is 0 Å². The average Bonchev–Trinajstić information content (AvgIpc) is 2.65. The normalized spacial score (nSPS) is 22.4. The standard InChI is InChI=1S/C18H23N3O5/c19-15-10-13(21(24)25)7-8-14(15)18(23)26-11-17(22)20-9-3-5-12-4-1-2-6-16(12)20/h7-8,10,12,16H,1-6,9,11,19H2/t12-,16-/m1/s1. The molecule has 3 rings (SSSR count). The Labute approximate surface area is 151 Å². The topological polar surface area (TPSA) is 116 Å². The van der Waals surface area contributed by atoms with E-state index in [1.165, 1.54) is 18.6 Å². The van der Waals surface area contributed by atoms with Crippen LogP contribution in [-0.2, 0) is 9.53 Å². The molecule has 8 nitrogen and oxygen atoms in total. The van der Waals surface area contributed by atoms with Gasteiger partial charge in [0, 0.05) is 24.7 Å². The first-order valence-electron chi connectivity index (χ1n) is 8.98. The lowest BCUT2D eigenvalue weighted by molar-refractivity contribution is -0.384. The molecule has 1 aromatic carbocycles. The molecule has 0 radical (unpaired) electrons. The van der Waals surface area contributed by atoms with Gasteiger partial charge in [-0.2, -0.15) is 0 Å². The van der Waals surface area contributed by atoms with Gasteiger partial charge in [0.05, 0.1) is 16.2 Å². The number of carbonyl (C=O) groups excluding carboxylic acids is 2. The van der Waals surface area contributed by atoms with Crippen LogP contribution in [0.2, 0.25) is 0 Å². The van der Waals surface area contributed by atoms with E-state index >= 15 is 0 Å². The van der Waals surface area contributed by atoms with Gasteiger partial charge in [0.1, 0.15) is 0 Å². The molecule has 2 atom stereocenters. The van der Waals surface area contributed by atoms with E-state index in [1.54, 1.807) is 0 Å². The molecule has 1 heterocycles. The van der Waals surface area contributed by atoms with E-state index < -0.39 is 10.9 Å². The van der Waals surface area contributed by atoms with E-state index in [4.69, 9.17) is 10.5 Å². The van der Waals surface area contributed by atoms with Crippen molar-refractivity contribution in [2.45, 2.75) is 44.6 Å². The van der Waals surface area contributed by atoms with E-state index in [-0.39, 0.29) is 35.5 Å². The number of esters is 1. The van der Waals surface area contributed by atoms with Gasteiger partial charge >= 0.3 is 5.97 Å². The van der Waals surface area contributed by atoms with Crippen molar-refractivity contribution in [2.24, 2.45) is 5.92 Å². The Morgan fingerprint density at radius 3 is 2.69 bits per heavy atom. The van der Waals surface area contributed by atoms with Gasteiger partial charge in [-0.15, -0.1) is 0 Å². The average molecular weight is 361 g/mol. The van der Waals surface area contributed by atoms with Crippen LogP contribution in [0.15, 0.2) is 18.2 Å². The number of nitrogens with two attached hydrogens (primary N) is 1. The molecule has 2 fully saturated rings. The summed E-state index contributed by atoms with van der Waals surface area (Å²) in [4.78, 5) is 36.7. The predicted octanol–water partition coefficient (Wildman–Crippen LogP) is 2.52. The van der Waals surface area contributed by atoms with Crippen LogP contribution in [0.4, 0.5) is 11.4 Å². The third-order valence-corrected chi connectivity index (χ3v) is 5.36. The summed E-state index contributed by atoms with van der Waals surface area (Å²) in [5.41, 5.74) is 5.48. The number of likely N-dealkylation sites (tertiary alicyclic amines) is 1. The summed E-state index contributed by atoms with van der Waals surface area (Å²) >= 11 is 0. The zero-order valence-electron chi connectivity index (χ0n) is 14.6. The lowest BCUT2D eigenvalue weighted by Crippen LogP contribution is -2.50. The first kappa shape index (κ1) is 18.2. The molecular formula is C18H23N3O5. The smallest absolute Gasteiger partial charge is 0.340 e. The fraction of sp³-hybridized carbons (Fsp3) is 0.556. The van der Waals surface area contributed by atoms with Gasteiger partial charge in [0.2, 0.25) is 0 Å². The molecular weight excluding hydrogens is 338 g/mol. The molecule has 2 aliphatic rings. The summed E-state index contributed by atoms with van der Waals surface area (Å²) in [5, 5.41) is 10.7. The van der Waals surface area contributed by atoms with Gasteiger partial charge in [-0.25, -0.2) is 4.79 Å². The number of nitrogens with zero attached hydrogens (tertiary/aromatic N) is 2. The Morgan fingerprint density at radius 2 is 1.96 bits per heavy atom. The first-order valence-corrected chi connectivity index (χ1v) is 8.98. The van der Waals surface area contributed by atoms with Crippen LogP contribution in [0.5, 0.6) is 0 Å². The third kappa shape index (κ3) is 3.79. The number of hydrogen-bond acceptors (Lipinski definition) is 6. The number of piperidine rings is 1. The summed E-state index contributed by atoms with van der Waals surface area (Å²) < 4.78 is 5.12. The summed E-state index contributed by atoms with van der Waals surface area (Å²) in [6, 6.07) is 3.80. The molecule has 1 saturated carbocycles. The number of carbonyl (C=O) groups is 2. The Hall–Kier alpha value is -2.64. The minimum atomic E-state index is -0.747. The number of nitrogen functional groups attached to an aromatic ring is 1. The molecule has 1 saturated heterocycles. The predicted molar refractivity (Wildman–Crippen MR) is 94.5 cm³/mol. The maximum Gasteiger partial charge on any atom is 0.340 e. The van der Waals surface area contributed by atoms with Gasteiger partial charge in [-0.3, -0.25) is 14.9 Å². The summed E-state index contributed by atoms with van der Waals surface area (Å²) in [6.45, 7) is 0.371. The number of hydrogen-bond donors (Lipinski definition) is 1. The molecule has 0 aromatic heterocycles. The molecule has 8 heteroatoms. The van der Waals surface area contributed by atoms with E-state index in [1.807, 2.05) is 4.90 Å². The quantitative estimate of drug-likeness (QED) is 0.381. The highest BCUT2D eigenvalue weighted by Crippen LogP contribution is 2.35. The van der Waals surface area contributed by atoms with Crippen LogP contribution in [0, 0.1) is 16.0 Å². The monoisotopic (exact) mass is 361 g/mol. The largest absolute Gasteiger partial charge is 0.452 e. The number of amides is 1. The van der Waals surface area contributed by atoms with Crippen molar-refractivity contribution in [2.75, 3.05) is 18.9 Å². The minimum Gasteiger partial charge on any atom is -0.452 e. The number of rotatable bonds is 4. The van der Waals surface area contributed by atoms with Gasteiger partial charge in [0.25, 0.3) is 11.6 Å². The molecule has 26 heavy (non-hydrogen) atoms. The fourth-order valence-corrected chi connectivity index (χ4v) is 4.07. The maximum absolute atomic E-state index is 12.5. The van der Waals surface area contributed by atoms with Crippen molar-refractivity contribution >= 4 is 23.3 Å². The van der Waals surface area contributed by atoms with Crippen molar-refractivity contribution in [3.63, 3.8) is 0 Å². The lowest BCUT2D eigenvalue weighted by Gasteiger charge is -2.44. The molecule has 2 N–H and O–H groups in total. The third-order valence-electron chi connectivity index (χ3n) is 5.36. The van der Waals surface area contributed by atoms with Crippen LogP contribution in [0.25, 0.3) is 0 Å². The molecule has 140 valence electrons. The van der Waals surface area contributed by atoms with E-state index in [0.29, 0.717) is 12.5 Å². The minimum absolute atomic E-state index is 0.0255. The Kier molecular flexibility index (Phi) is 5.39. The molecule has 0 bridgehead atoms. The molecule has 1 amide bonds. The maximum atomic E-state index is 12.5. The highest BCUT2D eigenvalue weighted by atomic mass is 16.6.